The molecule has 3 N–H and O–H groups in total. The number of para-hydroxylation sites is 1. The fourth-order valence-electron chi connectivity index (χ4n) is 2.61. The van der Waals surface area contributed by atoms with Crippen LogP contribution in [0.15, 0.2) is 24.3 Å². The Labute approximate surface area is 122 Å². The van der Waals surface area contributed by atoms with E-state index in [-0.39, 0.29) is 24.0 Å². The molecule has 2 aromatic rings. The Hall–Kier alpha value is -2.02. The van der Waals surface area contributed by atoms with Crippen LogP contribution < -0.4 is 5.73 Å². The number of hydrogen-bond acceptors (Lipinski definition) is 4. The number of aromatic nitrogens is 1. The second kappa shape index (κ2) is 5.07. The first-order chi connectivity index (χ1) is 9.96. The van der Waals surface area contributed by atoms with Crippen molar-refractivity contribution in [1.29, 1.82) is 0 Å². The van der Waals surface area contributed by atoms with Crippen molar-refractivity contribution in [3.63, 3.8) is 0 Å². The zero-order valence-electron chi connectivity index (χ0n) is 11.5. The Bertz CT molecular complexity index is 795. The third kappa shape index (κ3) is 2.73. The maximum absolute atomic E-state index is 12.5. The van der Waals surface area contributed by atoms with Gasteiger partial charge >= 0.3 is 0 Å². The minimum atomic E-state index is -3.02. The molecule has 6 nitrogen and oxygen atoms in total. The summed E-state index contributed by atoms with van der Waals surface area (Å²) in [5, 5.41) is 0.876. The lowest BCUT2D eigenvalue weighted by Gasteiger charge is -2.18. The SMILES string of the molecule is Nc1cccc2cc(C(=O)N3CCCS(=O)(=O)CC3)[nH]c12. The number of sulfone groups is 1. The van der Waals surface area contributed by atoms with Gasteiger partial charge in [-0.3, -0.25) is 4.79 Å². The number of nitrogens with zero attached hydrogens (tertiary/aromatic N) is 1. The van der Waals surface area contributed by atoms with Crippen LogP contribution in [0.2, 0.25) is 0 Å². The summed E-state index contributed by atoms with van der Waals surface area (Å²) in [6.07, 6.45) is 0.483. The largest absolute Gasteiger partial charge is 0.397 e. The summed E-state index contributed by atoms with van der Waals surface area (Å²) >= 11 is 0. The Balaban J connectivity index is 1.88. The molecule has 1 aliphatic rings. The topological polar surface area (TPSA) is 96.3 Å². The second-order valence-electron chi connectivity index (χ2n) is 5.29. The predicted molar refractivity (Wildman–Crippen MR) is 81.9 cm³/mol. The molecular weight excluding hydrogens is 290 g/mol. The van der Waals surface area contributed by atoms with Gasteiger partial charge in [0.15, 0.2) is 9.84 Å². The first-order valence-electron chi connectivity index (χ1n) is 6.83. The van der Waals surface area contributed by atoms with Crippen molar-refractivity contribution in [3.8, 4) is 0 Å². The minimum absolute atomic E-state index is 0.0289. The van der Waals surface area contributed by atoms with E-state index in [1.165, 1.54) is 0 Å². The highest BCUT2D eigenvalue weighted by Gasteiger charge is 2.24. The van der Waals surface area contributed by atoms with Crippen LogP contribution >= 0.6 is 0 Å². The summed E-state index contributed by atoms with van der Waals surface area (Å²) in [6.45, 7) is 0.703. The number of amides is 1. The van der Waals surface area contributed by atoms with Crippen molar-refractivity contribution in [2.24, 2.45) is 0 Å². The quantitative estimate of drug-likeness (QED) is 0.768. The number of benzene rings is 1. The summed E-state index contributed by atoms with van der Waals surface area (Å²) < 4.78 is 23.2. The highest BCUT2D eigenvalue weighted by molar-refractivity contribution is 7.91. The lowest BCUT2D eigenvalue weighted by Crippen LogP contribution is -2.33. The van der Waals surface area contributed by atoms with Crippen LogP contribution in [0.5, 0.6) is 0 Å². The Morgan fingerprint density at radius 1 is 1.24 bits per heavy atom. The number of hydrogen-bond donors (Lipinski definition) is 2. The summed E-state index contributed by atoms with van der Waals surface area (Å²) in [5.41, 5.74) is 7.65. The first-order valence-corrected chi connectivity index (χ1v) is 8.65. The molecule has 0 aliphatic carbocycles. The molecule has 112 valence electrons. The van der Waals surface area contributed by atoms with E-state index < -0.39 is 9.84 Å². The van der Waals surface area contributed by atoms with E-state index in [1.807, 2.05) is 12.1 Å². The van der Waals surface area contributed by atoms with E-state index in [1.54, 1.807) is 17.0 Å². The molecule has 0 unspecified atom stereocenters. The van der Waals surface area contributed by atoms with E-state index in [9.17, 15) is 13.2 Å². The molecule has 0 atom stereocenters. The predicted octanol–water partition coefficient (Wildman–Crippen LogP) is 1.01. The number of nitrogens with one attached hydrogen (secondary N) is 1. The van der Waals surface area contributed by atoms with Gasteiger partial charge in [0, 0.05) is 18.5 Å². The number of anilines is 1. The molecule has 1 amide bonds. The van der Waals surface area contributed by atoms with Crippen molar-refractivity contribution in [3.05, 3.63) is 30.0 Å². The Morgan fingerprint density at radius 2 is 2.05 bits per heavy atom. The van der Waals surface area contributed by atoms with Gasteiger partial charge in [0.25, 0.3) is 5.91 Å². The van der Waals surface area contributed by atoms with Crippen molar-refractivity contribution in [2.45, 2.75) is 6.42 Å². The summed E-state index contributed by atoms with van der Waals surface area (Å²) in [7, 11) is -3.02. The minimum Gasteiger partial charge on any atom is -0.397 e. The highest BCUT2D eigenvalue weighted by Crippen LogP contribution is 2.22. The summed E-state index contributed by atoms with van der Waals surface area (Å²) in [5.74, 6) is 0.0000567. The second-order valence-corrected chi connectivity index (χ2v) is 7.60. The average molecular weight is 307 g/mol. The molecule has 0 spiro atoms. The molecule has 0 saturated carbocycles. The molecule has 1 aromatic heterocycles. The number of carbonyl (C=O) groups excluding carboxylic acids is 1. The van der Waals surface area contributed by atoms with Gasteiger partial charge in [0.2, 0.25) is 0 Å². The first kappa shape index (κ1) is 13.9. The van der Waals surface area contributed by atoms with Crippen molar-refractivity contribution in [1.82, 2.24) is 9.88 Å². The zero-order chi connectivity index (χ0) is 15.0. The van der Waals surface area contributed by atoms with Crippen LogP contribution in [0.1, 0.15) is 16.9 Å². The molecule has 21 heavy (non-hydrogen) atoms. The fraction of sp³-hybridized carbons (Fsp3) is 0.357. The van der Waals surface area contributed by atoms with Gasteiger partial charge in [-0.05, 0) is 18.6 Å². The molecule has 2 heterocycles. The van der Waals surface area contributed by atoms with E-state index in [0.717, 1.165) is 10.9 Å². The number of H-pyrrole nitrogens is 1. The average Bonchev–Trinajstić information content (AvgIpc) is 2.79. The van der Waals surface area contributed by atoms with Crippen LogP contribution in [0.4, 0.5) is 5.69 Å². The van der Waals surface area contributed by atoms with Gasteiger partial charge in [-0.25, -0.2) is 8.42 Å². The van der Waals surface area contributed by atoms with Gasteiger partial charge in [0.05, 0.1) is 22.7 Å². The van der Waals surface area contributed by atoms with Gasteiger partial charge in [-0.15, -0.1) is 0 Å². The van der Waals surface area contributed by atoms with Crippen molar-refractivity contribution < 1.29 is 13.2 Å². The molecule has 1 aliphatic heterocycles. The number of nitrogens with two attached hydrogens (primary N) is 1. The molecule has 3 rings (SSSR count). The molecule has 0 bridgehead atoms. The molecular formula is C14H17N3O3S. The molecule has 1 fully saturated rings. The lowest BCUT2D eigenvalue weighted by atomic mass is 10.2. The molecule has 7 heteroatoms. The molecule has 0 radical (unpaired) electrons. The normalized spacial score (nSPS) is 18.6. The summed E-state index contributed by atoms with van der Waals surface area (Å²) in [4.78, 5) is 17.1. The van der Waals surface area contributed by atoms with Crippen LogP contribution in [0.25, 0.3) is 10.9 Å². The number of nitrogen functional groups attached to an aromatic ring is 1. The third-order valence-electron chi connectivity index (χ3n) is 3.76. The fourth-order valence-corrected chi connectivity index (χ4v) is 3.88. The summed E-state index contributed by atoms with van der Waals surface area (Å²) in [6, 6.07) is 7.24. The van der Waals surface area contributed by atoms with Crippen molar-refractivity contribution in [2.75, 3.05) is 30.3 Å². The van der Waals surface area contributed by atoms with E-state index in [4.69, 9.17) is 5.73 Å². The standard InChI is InChI=1S/C14H17N3O3S/c15-11-4-1-3-10-9-12(16-13(10)11)14(18)17-5-2-7-21(19,20)8-6-17/h1,3-4,9,16H,2,5-8,15H2. The molecule has 1 aromatic carbocycles. The van der Waals surface area contributed by atoms with Crippen LogP contribution in [0.3, 0.4) is 0 Å². The number of aromatic amines is 1. The zero-order valence-corrected chi connectivity index (χ0v) is 12.3. The maximum atomic E-state index is 12.5. The molecule has 1 saturated heterocycles. The van der Waals surface area contributed by atoms with Crippen LogP contribution in [-0.4, -0.2) is 48.8 Å². The Morgan fingerprint density at radius 3 is 2.81 bits per heavy atom. The monoisotopic (exact) mass is 307 g/mol. The van der Waals surface area contributed by atoms with Crippen LogP contribution in [-0.2, 0) is 9.84 Å². The van der Waals surface area contributed by atoms with Gasteiger partial charge in [-0.1, -0.05) is 12.1 Å². The van der Waals surface area contributed by atoms with Crippen LogP contribution in [0, 0.1) is 0 Å². The number of fused-ring (bicyclic) bond motifs is 1. The maximum Gasteiger partial charge on any atom is 0.270 e. The number of rotatable bonds is 1. The van der Waals surface area contributed by atoms with Gasteiger partial charge < -0.3 is 15.6 Å². The van der Waals surface area contributed by atoms with Gasteiger partial charge in [0.1, 0.15) is 5.69 Å². The number of carbonyl (C=O) groups is 1. The smallest absolute Gasteiger partial charge is 0.270 e. The van der Waals surface area contributed by atoms with E-state index >= 15 is 0 Å². The lowest BCUT2D eigenvalue weighted by molar-refractivity contribution is 0.0763. The third-order valence-corrected chi connectivity index (χ3v) is 5.48. The van der Waals surface area contributed by atoms with E-state index in [0.29, 0.717) is 24.3 Å². The van der Waals surface area contributed by atoms with Crippen molar-refractivity contribution >= 4 is 32.3 Å². The van der Waals surface area contributed by atoms with Gasteiger partial charge in [-0.2, -0.15) is 0 Å². The van der Waals surface area contributed by atoms with E-state index in [2.05, 4.69) is 4.98 Å². The highest BCUT2D eigenvalue weighted by atomic mass is 32.2. The Kier molecular flexibility index (Phi) is 3.36.